The van der Waals surface area contributed by atoms with Crippen LogP contribution in [0.25, 0.3) is 0 Å². The molecule has 0 N–H and O–H groups in total. The van der Waals surface area contributed by atoms with E-state index in [9.17, 15) is 0 Å². The number of allylic oxidation sites excluding steroid dienone is 2. The van der Waals surface area contributed by atoms with Crippen molar-refractivity contribution in [2.45, 2.75) is 65.9 Å². The van der Waals surface area contributed by atoms with Gasteiger partial charge in [-0.05, 0) is 70.2 Å². The lowest BCUT2D eigenvalue weighted by atomic mass is 9.93. The largest absolute Gasteiger partial charge is 0.495 e. The molecule has 1 aromatic rings. The van der Waals surface area contributed by atoms with E-state index in [0.29, 0.717) is 18.3 Å². The molecule has 0 spiro atoms. The van der Waals surface area contributed by atoms with Gasteiger partial charge in [-0.1, -0.05) is 43.7 Å². The van der Waals surface area contributed by atoms with Crippen molar-refractivity contribution in [2.75, 3.05) is 6.61 Å². The molecule has 0 aromatic heterocycles. The van der Waals surface area contributed by atoms with Crippen molar-refractivity contribution in [1.29, 1.82) is 0 Å². The lowest BCUT2D eigenvalue weighted by molar-refractivity contribution is 0.0632. The molecule has 2 nitrogen and oxygen atoms in total. The van der Waals surface area contributed by atoms with Gasteiger partial charge in [0.2, 0.25) is 0 Å². The number of benzene rings is 1. The van der Waals surface area contributed by atoms with Crippen LogP contribution in [0.2, 0.25) is 5.02 Å². The maximum Gasteiger partial charge on any atom is 0.159 e. The van der Waals surface area contributed by atoms with E-state index >= 15 is 0 Å². The van der Waals surface area contributed by atoms with E-state index in [1.807, 2.05) is 39.0 Å². The van der Waals surface area contributed by atoms with Crippen LogP contribution in [-0.2, 0) is 4.74 Å². The van der Waals surface area contributed by atoms with Crippen molar-refractivity contribution in [2.24, 2.45) is 0 Å². The summed E-state index contributed by atoms with van der Waals surface area (Å²) in [6.45, 7) is 17.0. The molecule has 3 heteroatoms. The van der Waals surface area contributed by atoms with Gasteiger partial charge < -0.3 is 9.47 Å². The van der Waals surface area contributed by atoms with Crippen LogP contribution in [0.15, 0.2) is 42.2 Å². The second-order valence-corrected chi connectivity index (χ2v) is 7.15. The summed E-state index contributed by atoms with van der Waals surface area (Å²) in [5.74, 6) is 1.78. The van der Waals surface area contributed by atoms with Crippen molar-refractivity contribution >= 4 is 11.6 Å². The Labute approximate surface area is 152 Å². The van der Waals surface area contributed by atoms with Crippen molar-refractivity contribution in [3.8, 4) is 5.75 Å². The molecule has 0 aliphatic rings. The van der Waals surface area contributed by atoms with Gasteiger partial charge in [-0.2, -0.15) is 0 Å². The zero-order valence-corrected chi connectivity index (χ0v) is 16.7. The molecule has 0 saturated heterocycles. The SMILES string of the molecule is C=C(OCC)C(C)(C)Oc1ccc(Cl)cc1C(C)C/C(C)=C\CC. The van der Waals surface area contributed by atoms with Crippen LogP contribution in [-0.4, -0.2) is 12.2 Å². The van der Waals surface area contributed by atoms with Gasteiger partial charge in [0.15, 0.2) is 5.60 Å². The predicted molar refractivity (Wildman–Crippen MR) is 104 cm³/mol. The summed E-state index contributed by atoms with van der Waals surface area (Å²) in [4.78, 5) is 0. The summed E-state index contributed by atoms with van der Waals surface area (Å²) >= 11 is 6.23. The lowest BCUT2D eigenvalue weighted by Gasteiger charge is -2.30. The predicted octanol–water partition coefficient (Wildman–Crippen LogP) is 6.90. The second kappa shape index (κ2) is 9.17. The van der Waals surface area contributed by atoms with E-state index in [2.05, 4.69) is 33.4 Å². The third-order valence-electron chi connectivity index (χ3n) is 4.04. The fraction of sp³-hybridized carbons (Fsp3) is 0.524. The highest BCUT2D eigenvalue weighted by Gasteiger charge is 2.27. The maximum atomic E-state index is 6.26. The number of hydrogen-bond donors (Lipinski definition) is 0. The highest BCUT2D eigenvalue weighted by Crippen LogP contribution is 2.36. The first-order chi connectivity index (χ1) is 11.2. The monoisotopic (exact) mass is 350 g/mol. The molecule has 0 radical (unpaired) electrons. The van der Waals surface area contributed by atoms with E-state index < -0.39 is 5.60 Å². The standard InChI is InChI=1S/C21H31ClO2/c1-8-10-15(3)13-16(4)19-14-18(22)11-12-20(19)24-21(6,7)17(5)23-9-2/h10-12,14,16H,5,8-9,13H2,1-4,6-7H3/b15-10-. The Morgan fingerprint density at radius 2 is 2.00 bits per heavy atom. The molecule has 24 heavy (non-hydrogen) atoms. The Morgan fingerprint density at radius 1 is 1.33 bits per heavy atom. The van der Waals surface area contributed by atoms with E-state index in [-0.39, 0.29) is 0 Å². The topological polar surface area (TPSA) is 18.5 Å². The smallest absolute Gasteiger partial charge is 0.159 e. The molecule has 0 saturated carbocycles. The van der Waals surface area contributed by atoms with Gasteiger partial charge in [0.05, 0.1) is 6.61 Å². The summed E-state index contributed by atoms with van der Waals surface area (Å²) in [6.07, 6.45) is 4.30. The molecule has 0 amide bonds. The first-order valence-electron chi connectivity index (χ1n) is 8.67. The van der Waals surface area contributed by atoms with Crippen LogP contribution in [0.3, 0.4) is 0 Å². The zero-order chi connectivity index (χ0) is 18.3. The Balaban J connectivity index is 3.08. The molecular weight excluding hydrogens is 320 g/mol. The number of rotatable bonds is 9. The molecule has 1 rings (SSSR count). The Morgan fingerprint density at radius 3 is 2.58 bits per heavy atom. The van der Waals surface area contributed by atoms with Crippen LogP contribution in [0.5, 0.6) is 5.75 Å². The van der Waals surface area contributed by atoms with Gasteiger partial charge in [0.1, 0.15) is 11.5 Å². The molecule has 1 unspecified atom stereocenters. The van der Waals surface area contributed by atoms with Gasteiger partial charge in [0, 0.05) is 5.02 Å². The van der Waals surface area contributed by atoms with E-state index in [4.69, 9.17) is 21.1 Å². The molecule has 0 fully saturated rings. The molecule has 1 aromatic carbocycles. The average Bonchev–Trinajstić information content (AvgIpc) is 2.49. The van der Waals surface area contributed by atoms with Crippen molar-refractivity contribution in [3.63, 3.8) is 0 Å². The fourth-order valence-electron chi connectivity index (χ4n) is 2.70. The maximum absolute atomic E-state index is 6.26. The van der Waals surface area contributed by atoms with Gasteiger partial charge in [-0.15, -0.1) is 0 Å². The fourth-order valence-corrected chi connectivity index (χ4v) is 2.88. The number of halogens is 1. The Hall–Kier alpha value is -1.41. The molecule has 0 heterocycles. The molecule has 1 atom stereocenters. The number of ether oxygens (including phenoxy) is 2. The van der Waals surface area contributed by atoms with E-state index in [1.54, 1.807) is 0 Å². The van der Waals surface area contributed by atoms with E-state index in [0.717, 1.165) is 29.2 Å². The molecule has 0 aliphatic carbocycles. The molecule has 0 bridgehead atoms. The zero-order valence-electron chi connectivity index (χ0n) is 15.9. The van der Waals surface area contributed by atoms with E-state index in [1.165, 1.54) is 5.57 Å². The summed E-state index contributed by atoms with van der Waals surface area (Å²) in [5.41, 5.74) is 1.89. The van der Waals surface area contributed by atoms with Crippen LogP contribution in [0, 0.1) is 0 Å². The summed E-state index contributed by atoms with van der Waals surface area (Å²) < 4.78 is 11.8. The third kappa shape index (κ3) is 5.90. The number of hydrogen-bond acceptors (Lipinski definition) is 2. The van der Waals surface area contributed by atoms with Crippen LogP contribution in [0.1, 0.15) is 65.9 Å². The summed E-state index contributed by atoms with van der Waals surface area (Å²) in [5, 5.41) is 0.725. The van der Waals surface area contributed by atoms with Gasteiger partial charge in [0.25, 0.3) is 0 Å². The van der Waals surface area contributed by atoms with Gasteiger partial charge in [-0.25, -0.2) is 0 Å². The summed E-state index contributed by atoms with van der Waals surface area (Å²) in [6, 6.07) is 5.80. The second-order valence-electron chi connectivity index (χ2n) is 6.71. The Kier molecular flexibility index (Phi) is 7.89. The van der Waals surface area contributed by atoms with Crippen LogP contribution < -0.4 is 4.74 Å². The van der Waals surface area contributed by atoms with Crippen molar-refractivity contribution in [3.05, 3.63) is 52.8 Å². The first kappa shape index (κ1) is 20.6. The van der Waals surface area contributed by atoms with Gasteiger partial charge >= 0.3 is 0 Å². The molecule has 0 aliphatic heterocycles. The van der Waals surface area contributed by atoms with Crippen LogP contribution in [0.4, 0.5) is 0 Å². The van der Waals surface area contributed by atoms with Gasteiger partial charge in [-0.3, -0.25) is 0 Å². The minimum Gasteiger partial charge on any atom is -0.495 e. The normalized spacial score (nSPS) is 13.5. The summed E-state index contributed by atoms with van der Waals surface area (Å²) in [7, 11) is 0. The van der Waals surface area contributed by atoms with Crippen molar-refractivity contribution < 1.29 is 9.47 Å². The molecule has 134 valence electrons. The third-order valence-corrected chi connectivity index (χ3v) is 4.27. The highest BCUT2D eigenvalue weighted by atomic mass is 35.5. The lowest BCUT2D eigenvalue weighted by Crippen LogP contribution is -2.32. The first-order valence-corrected chi connectivity index (χ1v) is 9.05. The average molecular weight is 351 g/mol. The highest BCUT2D eigenvalue weighted by molar-refractivity contribution is 6.30. The van der Waals surface area contributed by atoms with Crippen LogP contribution >= 0.6 is 11.6 Å². The van der Waals surface area contributed by atoms with Crippen molar-refractivity contribution in [1.82, 2.24) is 0 Å². The minimum absolute atomic E-state index is 0.317. The minimum atomic E-state index is -0.605. The quantitative estimate of drug-likeness (QED) is 0.356. The Bertz CT molecular complexity index is 588. The molecular formula is C21H31ClO2.